The van der Waals surface area contributed by atoms with E-state index in [-0.39, 0.29) is 26.1 Å². The molecule has 0 amide bonds. The van der Waals surface area contributed by atoms with Crippen molar-refractivity contribution in [2.75, 3.05) is 47.5 Å². The second kappa shape index (κ2) is 28.7. The molecule has 0 aliphatic heterocycles. The molecule has 0 saturated heterocycles. The first-order valence-corrected chi connectivity index (χ1v) is 18.2. The van der Waals surface area contributed by atoms with Gasteiger partial charge < -0.3 is 18.9 Å². The van der Waals surface area contributed by atoms with Crippen molar-refractivity contribution in [3.8, 4) is 0 Å². The lowest BCUT2D eigenvalue weighted by atomic mass is 10.1. The van der Waals surface area contributed by atoms with Crippen LogP contribution in [0.1, 0.15) is 90.9 Å². The van der Waals surface area contributed by atoms with Crippen LogP contribution in [0.4, 0.5) is 0 Å². The van der Waals surface area contributed by atoms with E-state index in [1.807, 2.05) is 75.8 Å². The van der Waals surface area contributed by atoms with Gasteiger partial charge in [-0.05, 0) is 44.9 Å². The molecule has 2 unspecified atom stereocenters. The zero-order valence-corrected chi connectivity index (χ0v) is 29.9. The molecule has 0 rings (SSSR count). The molecule has 0 aliphatic rings. The molecule has 9 nitrogen and oxygen atoms in total. The van der Waals surface area contributed by atoms with Crippen molar-refractivity contribution in [2.24, 2.45) is 0 Å². The lowest BCUT2D eigenvalue weighted by Crippen LogP contribution is -2.37. The van der Waals surface area contributed by atoms with Gasteiger partial charge in [-0.2, -0.15) is 0 Å². The minimum atomic E-state index is -4.39. The third kappa shape index (κ3) is 31.4. The Kier molecular flexibility index (Phi) is 27.1. The van der Waals surface area contributed by atoms with Crippen LogP contribution in [-0.4, -0.2) is 74.9 Å². The molecule has 0 spiro atoms. The molecular formula is C36H61NO8P+. The summed E-state index contributed by atoms with van der Waals surface area (Å²) in [5, 5.41) is 0. The summed E-state index contributed by atoms with van der Waals surface area (Å²) < 4.78 is 33.8. The fourth-order valence-electron chi connectivity index (χ4n) is 3.69. The van der Waals surface area contributed by atoms with Gasteiger partial charge in [-0.3, -0.25) is 18.6 Å². The number of hydrogen-bond acceptors (Lipinski definition) is 7. The van der Waals surface area contributed by atoms with Gasteiger partial charge in [0.2, 0.25) is 0 Å². The monoisotopic (exact) mass is 666 g/mol. The van der Waals surface area contributed by atoms with E-state index in [0.717, 1.165) is 19.3 Å². The Bertz CT molecular complexity index is 1020. The first kappa shape index (κ1) is 43.5. The van der Waals surface area contributed by atoms with E-state index in [4.69, 9.17) is 18.5 Å². The number of carbonyl (C=O) groups excluding carboxylic acids is 2. The van der Waals surface area contributed by atoms with E-state index in [1.54, 1.807) is 0 Å². The second-order valence-electron chi connectivity index (χ2n) is 11.9. The van der Waals surface area contributed by atoms with Crippen LogP contribution in [0, 0.1) is 0 Å². The van der Waals surface area contributed by atoms with Gasteiger partial charge >= 0.3 is 19.8 Å². The number of carbonyl (C=O) groups is 2. The minimum absolute atomic E-state index is 0.0105. The van der Waals surface area contributed by atoms with Crippen molar-refractivity contribution in [3.05, 3.63) is 72.9 Å². The first-order chi connectivity index (χ1) is 22.0. The number of rotatable bonds is 28. The van der Waals surface area contributed by atoms with Crippen LogP contribution in [0.3, 0.4) is 0 Å². The van der Waals surface area contributed by atoms with Crippen LogP contribution in [0.25, 0.3) is 0 Å². The smallest absolute Gasteiger partial charge is 0.462 e. The standard InChI is InChI=1S/C36H60NO8P/c1-6-8-10-12-14-16-17-18-19-21-23-25-27-29-36(39)45-34(33-44-46(40,41)43-31-30-37(3,4)5)32-42-35(38)28-26-24-22-20-15-13-11-9-7-2/h8,10,12,14,16-23,34H,6-7,9,11,13,15,24-33H2,1-5H3/p+1/b10-8+,14-12+,17-16+,19-18+,22-20+,23-21+. The SMILES string of the molecule is CC/C=C/C=C/C=C/C=C/C=C/CCCC(=O)OC(COC(=O)CCC/C=C/CCCCCC)COP(=O)(O)OCC[N+](C)(C)C. The number of ether oxygens (including phenoxy) is 2. The molecule has 0 radical (unpaired) electrons. The average molecular weight is 667 g/mol. The van der Waals surface area contributed by atoms with Crippen molar-refractivity contribution < 1.29 is 42.1 Å². The molecule has 0 fully saturated rings. The molecule has 0 aromatic carbocycles. The Labute approximate surface area is 278 Å². The van der Waals surface area contributed by atoms with Crippen molar-refractivity contribution >= 4 is 19.8 Å². The predicted octanol–water partition coefficient (Wildman–Crippen LogP) is 8.34. The zero-order valence-electron chi connectivity index (χ0n) is 29.0. The van der Waals surface area contributed by atoms with Crippen molar-refractivity contribution in [1.82, 2.24) is 0 Å². The Morgan fingerprint density at radius 2 is 1.26 bits per heavy atom. The van der Waals surface area contributed by atoms with Gasteiger partial charge in [-0.15, -0.1) is 0 Å². The molecule has 262 valence electrons. The number of hydrogen-bond donors (Lipinski definition) is 1. The maximum absolute atomic E-state index is 12.5. The number of allylic oxidation sites excluding steroid dienone is 12. The lowest BCUT2D eigenvalue weighted by molar-refractivity contribution is -0.870. The quantitative estimate of drug-likeness (QED) is 0.0222. The number of phosphoric acid groups is 1. The normalized spacial score (nSPS) is 14.8. The summed E-state index contributed by atoms with van der Waals surface area (Å²) >= 11 is 0. The fourth-order valence-corrected chi connectivity index (χ4v) is 4.43. The summed E-state index contributed by atoms with van der Waals surface area (Å²) in [5.74, 6) is -0.940. The maximum atomic E-state index is 12.5. The molecule has 46 heavy (non-hydrogen) atoms. The summed E-state index contributed by atoms with van der Waals surface area (Å²) in [6.07, 6.45) is 32.7. The molecule has 0 bridgehead atoms. The molecule has 2 atom stereocenters. The van der Waals surface area contributed by atoms with Gasteiger partial charge in [0.05, 0.1) is 27.7 Å². The third-order valence-corrected chi connectivity index (χ3v) is 7.33. The molecule has 10 heteroatoms. The highest BCUT2D eigenvalue weighted by molar-refractivity contribution is 7.47. The van der Waals surface area contributed by atoms with E-state index in [2.05, 4.69) is 32.1 Å². The number of esters is 2. The summed E-state index contributed by atoms with van der Waals surface area (Å²) in [6, 6.07) is 0. The topological polar surface area (TPSA) is 108 Å². The first-order valence-electron chi connectivity index (χ1n) is 16.7. The van der Waals surface area contributed by atoms with Crippen LogP contribution in [0.5, 0.6) is 0 Å². The maximum Gasteiger partial charge on any atom is 0.472 e. The van der Waals surface area contributed by atoms with Crippen LogP contribution >= 0.6 is 7.82 Å². The van der Waals surface area contributed by atoms with Gasteiger partial charge in [0, 0.05) is 12.8 Å². The molecule has 0 saturated carbocycles. The van der Waals surface area contributed by atoms with Gasteiger partial charge in [0.1, 0.15) is 19.8 Å². The molecular weight excluding hydrogens is 605 g/mol. The second-order valence-corrected chi connectivity index (χ2v) is 13.4. The molecule has 0 heterocycles. The number of phosphoric ester groups is 1. The summed E-state index contributed by atoms with van der Waals surface area (Å²) in [4.78, 5) is 34.9. The minimum Gasteiger partial charge on any atom is -0.462 e. The van der Waals surface area contributed by atoms with Crippen molar-refractivity contribution in [2.45, 2.75) is 97.0 Å². The number of likely N-dealkylation sites (N-methyl/N-ethyl adjacent to an activating group) is 1. The number of quaternary nitrogens is 1. The summed E-state index contributed by atoms with van der Waals surface area (Å²) in [6.45, 7) is 4.06. The average Bonchev–Trinajstić information content (AvgIpc) is 2.99. The molecule has 1 N–H and O–H groups in total. The summed E-state index contributed by atoms with van der Waals surface area (Å²) in [5.41, 5.74) is 0. The van der Waals surface area contributed by atoms with Crippen LogP contribution in [0.15, 0.2) is 72.9 Å². The number of nitrogens with zero attached hydrogens (tertiary/aromatic N) is 1. The largest absolute Gasteiger partial charge is 0.472 e. The zero-order chi connectivity index (χ0) is 34.4. The van der Waals surface area contributed by atoms with Crippen molar-refractivity contribution in [3.63, 3.8) is 0 Å². The van der Waals surface area contributed by atoms with Gasteiger partial charge in [-0.1, -0.05) is 106 Å². The van der Waals surface area contributed by atoms with Gasteiger partial charge in [-0.25, -0.2) is 4.57 Å². The summed E-state index contributed by atoms with van der Waals surface area (Å²) in [7, 11) is 1.40. The van der Waals surface area contributed by atoms with E-state index < -0.39 is 32.5 Å². The van der Waals surface area contributed by atoms with E-state index in [1.165, 1.54) is 25.7 Å². The Hall–Kier alpha value is -2.55. The lowest BCUT2D eigenvalue weighted by Gasteiger charge is -2.24. The van der Waals surface area contributed by atoms with Crippen molar-refractivity contribution in [1.29, 1.82) is 0 Å². The van der Waals surface area contributed by atoms with Gasteiger partial charge in [0.15, 0.2) is 6.10 Å². The molecule has 0 aromatic heterocycles. The van der Waals surface area contributed by atoms with E-state index in [9.17, 15) is 19.0 Å². The third-order valence-electron chi connectivity index (χ3n) is 6.35. The highest BCUT2D eigenvalue weighted by Crippen LogP contribution is 2.43. The highest BCUT2D eigenvalue weighted by Gasteiger charge is 2.27. The Morgan fingerprint density at radius 1 is 0.696 bits per heavy atom. The fraction of sp³-hybridized carbons (Fsp3) is 0.611. The van der Waals surface area contributed by atoms with Crippen LogP contribution < -0.4 is 0 Å². The molecule has 0 aliphatic carbocycles. The predicted molar refractivity (Wildman–Crippen MR) is 187 cm³/mol. The van der Waals surface area contributed by atoms with Gasteiger partial charge in [0.25, 0.3) is 0 Å². The van der Waals surface area contributed by atoms with E-state index >= 15 is 0 Å². The van der Waals surface area contributed by atoms with Crippen LogP contribution in [-0.2, 0) is 32.7 Å². The van der Waals surface area contributed by atoms with E-state index in [0.29, 0.717) is 30.3 Å². The van der Waals surface area contributed by atoms with Crippen LogP contribution in [0.2, 0.25) is 0 Å². The highest BCUT2D eigenvalue weighted by atomic mass is 31.2. The molecule has 0 aromatic rings. The Balaban J connectivity index is 4.72. The Morgan fingerprint density at radius 3 is 1.87 bits per heavy atom. The number of unbranched alkanes of at least 4 members (excludes halogenated alkanes) is 6.